The number of hydrogen-bond acceptors (Lipinski definition) is 5. The molecule has 0 aliphatic rings. The molecule has 1 aromatic carbocycles. The van der Waals surface area contributed by atoms with Crippen molar-refractivity contribution in [3.8, 4) is 0 Å². The second kappa shape index (κ2) is 8.27. The van der Waals surface area contributed by atoms with E-state index in [0.717, 1.165) is 6.07 Å². The number of carbonyl (C=O) groups is 1. The Morgan fingerprint density at radius 1 is 1.39 bits per heavy atom. The molecule has 0 saturated carbocycles. The van der Waals surface area contributed by atoms with Crippen molar-refractivity contribution in [1.82, 2.24) is 5.32 Å². The van der Waals surface area contributed by atoms with E-state index in [9.17, 15) is 19.3 Å². The quantitative estimate of drug-likeness (QED) is 0.306. The van der Waals surface area contributed by atoms with E-state index in [-0.39, 0.29) is 14.9 Å². The van der Waals surface area contributed by atoms with Crippen molar-refractivity contribution in [3.05, 3.63) is 31.6 Å². The van der Waals surface area contributed by atoms with Crippen LogP contribution in [0, 0.1) is 19.5 Å². The van der Waals surface area contributed by atoms with E-state index in [1.54, 1.807) is 43.4 Å². The smallest absolute Gasteiger partial charge is 0.407 e. The van der Waals surface area contributed by atoms with E-state index >= 15 is 0 Å². The monoisotopic (exact) mass is 439 g/mol. The maximum atomic E-state index is 13.5. The lowest BCUT2D eigenvalue weighted by molar-refractivity contribution is -0.384. The van der Waals surface area contributed by atoms with Gasteiger partial charge in [-0.05, 0) is 49.8 Å². The first-order valence-electron chi connectivity index (χ1n) is 6.94. The first-order chi connectivity index (χ1) is 10.6. The number of carbonyl (C=O) groups excluding carboxylic acids is 1. The lowest BCUT2D eigenvalue weighted by Crippen LogP contribution is -2.33. The molecular formula is C14H19FIN3O4. The Morgan fingerprint density at radius 2 is 2.04 bits per heavy atom. The molecule has 1 aromatic rings. The van der Waals surface area contributed by atoms with Gasteiger partial charge in [0.05, 0.1) is 8.49 Å². The molecular weight excluding hydrogens is 420 g/mol. The van der Waals surface area contributed by atoms with Crippen LogP contribution >= 0.6 is 22.6 Å². The molecule has 0 unspecified atom stereocenters. The van der Waals surface area contributed by atoms with E-state index in [0.29, 0.717) is 19.5 Å². The predicted octanol–water partition coefficient (Wildman–Crippen LogP) is 3.67. The van der Waals surface area contributed by atoms with Gasteiger partial charge in [0.25, 0.3) is 5.69 Å². The summed E-state index contributed by atoms with van der Waals surface area (Å²) in [7, 11) is 0. The van der Waals surface area contributed by atoms with Crippen LogP contribution in [0.5, 0.6) is 0 Å². The number of amides is 1. The Morgan fingerprint density at radius 3 is 2.61 bits per heavy atom. The number of nitrogens with one attached hydrogen (secondary N) is 2. The minimum Gasteiger partial charge on any atom is -0.444 e. The van der Waals surface area contributed by atoms with Crippen molar-refractivity contribution in [2.24, 2.45) is 0 Å². The molecule has 0 fully saturated rings. The number of hydrogen-bond donors (Lipinski definition) is 2. The molecule has 0 aliphatic heterocycles. The Kier molecular flexibility index (Phi) is 6.98. The third-order valence-corrected chi connectivity index (χ3v) is 3.40. The number of alkyl carbamates (subject to hydrolysis) is 1. The second-order valence-corrected chi connectivity index (χ2v) is 6.91. The van der Waals surface area contributed by atoms with E-state index in [1.165, 1.54) is 6.07 Å². The van der Waals surface area contributed by atoms with Crippen molar-refractivity contribution in [2.45, 2.75) is 32.8 Å². The maximum absolute atomic E-state index is 13.5. The maximum Gasteiger partial charge on any atom is 0.407 e. The molecule has 0 aromatic heterocycles. The van der Waals surface area contributed by atoms with Crippen LogP contribution in [0.2, 0.25) is 0 Å². The van der Waals surface area contributed by atoms with Crippen LogP contribution < -0.4 is 10.6 Å². The molecule has 23 heavy (non-hydrogen) atoms. The van der Waals surface area contributed by atoms with Crippen LogP contribution in [-0.2, 0) is 4.74 Å². The summed E-state index contributed by atoms with van der Waals surface area (Å²) in [6, 6.07) is 2.28. The summed E-state index contributed by atoms with van der Waals surface area (Å²) in [5.74, 6) is -0.523. The molecule has 128 valence electrons. The molecule has 1 rings (SSSR count). The van der Waals surface area contributed by atoms with Gasteiger partial charge in [0.2, 0.25) is 0 Å². The summed E-state index contributed by atoms with van der Waals surface area (Å²) in [6.07, 6.45) is -0.0203. The van der Waals surface area contributed by atoms with Gasteiger partial charge in [0.1, 0.15) is 17.1 Å². The van der Waals surface area contributed by atoms with Crippen LogP contribution in [0.25, 0.3) is 0 Å². The number of anilines is 1. The Balaban J connectivity index is 2.46. The molecule has 0 aliphatic carbocycles. The highest BCUT2D eigenvalue weighted by molar-refractivity contribution is 14.1. The normalized spacial score (nSPS) is 11.0. The number of benzene rings is 1. The third kappa shape index (κ3) is 6.97. The first-order valence-corrected chi connectivity index (χ1v) is 8.02. The predicted molar refractivity (Wildman–Crippen MR) is 93.1 cm³/mol. The van der Waals surface area contributed by atoms with Gasteiger partial charge in [-0.2, -0.15) is 0 Å². The summed E-state index contributed by atoms with van der Waals surface area (Å²) < 4.78 is 18.8. The molecule has 1 amide bonds. The Labute approximate surface area is 147 Å². The highest BCUT2D eigenvalue weighted by Crippen LogP contribution is 2.28. The first kappa shape index (κ1) is 19.4. The van der Waals surface area contributed by atoms with Gasteiger partial charge >= 0.3 is 6.09 Å². The topological polar surface area (TPSA) is 93.5 Å². The molecule has 0 bridgehead atoms. The summed E-state index contributed by atoms with van der Waals surface area (Å²) in [5.41, 5.74) is -0.636. The molecule has 0 spiro atoms. The fourth-order valence-electron chi connectivity index (χ4n) is 1.65. The molecule has 7 nitrogen and oxygen atoms in total. The summed E-state index contributed by atoms with van der Waals surface area (Å²) in [4.78, 5) is 21.8. The largest absolute Gasteiger partial charge is 0.444 e. The highest BCUT2D eigenvalue weighted by Gasteiger charge is 2.17. The van der Waals surface area contributed by atoms with Gasteiger partial charge in [-0.25, -0.2) is 9.18 Å². The zero-order valence-corrected chi connectivity index (χ0v) is 15.3. The van der Waals surface area contributed by atoms with Crippen molar-refractivity contribution >= 4 is 40.1 Å². The van der Waals surface area contributed by atoms with Crippen LogP contribution in [0.1, 0.15) is 27.2 Å². The van der Waals surface area contributed by atoms with E-state index in [4.69, 9.17) is 4.74 Å². The van der Waals surface area contributed by atoms with Gasteiger partial charge in [-0.3, -0.25) is 10.1 Å². The van der Waals surface area contributed by atoms with E-state index in [2.05, 4.69) is 10.6 Å². The van der Waals surface area contributed by atoms with Crippen LogP contribution in [0.15, 0.2) is 12.1 Å². The number of rotatable bonds is 6. The standard InChI is InChI=1S/C14H19FIN3O4/c1-14(2,3)23-13(20)18-6-4-5-17-11-7-9(15)10(16)8-12(11)19(21)22/h7-8,17H,4-6H2,1-3H3,(H,18,20). The Bertz CT molecular complexity index is 590. The van der Waals surface area contributed by atoms with Gasteiger partial charge < -0.3 is 15.4 Å². The van der Waals surface area contributed by atoms with Crippen molar-refractivity contribution in [2.75, 3.05) is 18.4 Å². The van der Waals surface area contributed by atoms with Crippen LogP contribution in [-0.4, -0.2) is 29.7 Å². The minimum absolute atomic E-state index is 0.116. The zero-order chi connectivity index (χ0) is 17.6. The number of nitrogens with zero attached hydrogens (tertiary/aromatic N) is 1. The summed E-state index contributed by atoms with van der Waals surface area (Å²) in [6.45, 7) is 5.97. The van der Waals surface area contributed by atoms with E-state index in [1.807, 2.05) is 0 Å². The average molecular weight is 439 g/mol. The SMILES string of the molecule is CC(C)(C)OC(=O)NCCCNc1cc(F)c(I)cc1[N+](=O)[O-]. The fourth-order valence-corrected chi connectivity index (χ4v) is 2.10. The average Bonchev–Trinajstić information content (AvgIpc) is 2.39. The van der Waals surface area contributed by atoms with Gasteiger partial charge in [-0.15, -0.1) is 0 Å². The van der Waals surface area contributed by atoms with Crippen molar-refractivity contribution < 1.29 is 18.8 Å². The number of ether oxygens (including phenoxy) is 1. The number of nitro groups is 1. The number of nitro benzene ring substituents is 1. The van der Waals surface area contributed by atoms with Crippen molar-refractivity contribution in [1.29, 1.82) is 0 Å². The van der Waals surface area contributed by atoms with Gasteiger partial charge in [0.15, 0.2) is 0 Å². The Hall–Kier alpha value is -1.65. The molecule has 9 heteroatoms. The zero-order valence-electron chi connectivity index (χ0n) is 13.1. The van der Waals surface area contributed by atoms with Gasteiger partial charge in [0, 0.05) is 25.2 Å². The fraction of sp³-hybridized carbons (Fsp3) is 0.500. The molecule has 0 atom stereocenters. The molecule has 0 saturated heterocycles. The summed E-state index contributed by atoms with van der Waals surface area (Å²) in [5, 5.41) is 16.3. The molecule has 0 heterocycles. The molecule has 0 radical (unpaired) electrons. The van der Waals surface area contributed by atoms with E-state index < -0.39 is 22.4 Å². The molecule has 2 N–H and O–H groups in total. The highest BCUT2D eigenvalue weighted by atomic mass is 127. The van der Waals surface area contributed by atoms with Crippen molar-refractivity contribution in [3.63, 3.8) is 0 Å². The lowest BCUT2D eigenvalue weighted by atomic mass is 10.2. The summed E-state index contributed by atoms with van der Waals surface area (Å²) >= 11 is 1.70. The van der Waals surface area contributed by atoms with Crippen LogP contribution in [0.3, 0.4) is 0 Å². The second-order valence-electron chi connectivity index (χ2n) is 5.75. The number of halogens is 2. The third-order valence-electron chi connectivity index (χ3n) is 2.57. The van der Waals surface area contributed by atoms with Gasteiger partial charge in [-0.1, -0.05) is 0 Å². The minimum atomic E-state index is -0.568. The lowest BCUT2D eigenvalue weighted by Gasteiger charge is -2.19. The van der Waals surface area contributed by atoms with Crippen LogP contribution in [0.4, 0.5) is 20.6 Å².